The normalized spacial score (nSPS) is 24.7. The van der Waals surface area contributed by atoms with E-state index >= 15 is 0 Å². The molecule has 5 rings (SSSR count). The Bertz CT molecular complexity index is 815. The fourth-order valence-electron chi connectivity index (χ4n) is 4.65. The molecule has 3 fully saturated rings. The van der Waals surface area contributed by atoms with Crippen LogP contribution in [0.1, 0.15) is 51.0 Å². The number of piperidine rings is 3. The Morgan fingerprint density at radius 2 is 1.93 bits per heavy atom. The van der Waals surface area contributed by atoms with Gasteiger partial charge in [-0.05, 0) is 71.7 Å². The number of pyridine rings is 1. The topological polar surface area (TPSA) is 48.5 Å². The van der Waals surface area contributed by atoms with Crippen LogP contribution in [0.5, 0.6) is 0 Å². The third-order valence-corrected chi connectivity index (χ3v) is 7.07. The number of carbonyl (C=O) groups is 1. The lowest BCUT2D eigenvalue weighted by molar-refractivity contribution is 0.0618. The summed E-state index contributed by atoms with van der Waals surface area (Å²) in [6, 6.07) is 5.30. The largest absolute Gasteiger partial charge is 0.359 e. The molecular formula is C21H30N4OS. The number of fused-ring (bicyclic) bond motifs is 4. The number of carbonyl (C=O) groups excluding carboxylic acids is 1. The zero-order chi connectivity index (χ0) is 19.1. The van der Waals surface area contributed by atoms with Crippen molar-refractivity contribution in [2.75, 3.05) is 24.5 Å². The van der Waals surface area contributed by atoms with Gasteiger partial charge in [-0.3, -0.25) is 9.78 Å². The van der Waals surface area contributed by atoms with Crippen LogP contribution in [0.2, 0.25) is 0 Å². The Hall–Kier alpha value is -1.66. The van der Waals surface area contributed by atoms with Crippen LogP contribution in [0.4, 0.5) is 5.00 Å². The average molecular weight is 387 g/mol. The Balaban J connectivity index is 1.53. The maximum atomic E-state index is 12.8. The van der Waals surface area contributed by atoms with Gasteiger partial charge < -0.3 is 15.1 Å². The van der Waals surface area contributed by atoms with Crippen LogP contribution < -0.4 is 10.2 Å². The van der Waals surface area contributed by atoms with Crippen molar-refractivity contribution in [2.45, 2.75) is 58.7 Å². The minimum Gasteiger partial charge on any atom is -0.359 e. The number of hydrogen-bond acceptors (Lipinski definition) is 5. The summed E-state index contributed by atoms with van der Waals surface area (Å²) in [6.07, 6.45) is 4.25. The molecule has 5 heterocycles. The first-order valence-electron chi connectivity index (χ1n) is 10.1. The standard InChI is InChI=1S/C21H30N4OS/c1-13(2)25(14(3)4)20-9-16-11-22-17(10-19(16)27-20)21(26)23-18-12-24-7-5-15(18)6-8-24/h9-11,13-15,18H,5-8,12H2,1-4H3,(H,23,26). The molecule has 2 aromatic rings. The molecule has 3 aliphatic heterocycles. The zero-order valence-corrected chi connectivity index (χ0v) is 17.6. The van der Waals surface area contributed by atoms with E-state index in [1.54, 1.807) is 11.3 Å². The molecule has 2 bridgehead atoms. The van der Waals surface area contributed by atoms with Gasteiger partial charge in [-0.25, -0.2) is 0 Å². The molecule has 0 radical (unpaired) electrons. The van der Waals surface area contributed by atoms with Gasteiger partial charge in [-0.2, -0.15) is 0 Å². The van der Waals surface area contributed by atoms with E-state index in [1.807, 2.05) is 12.3 Å². The third-order valence-electron chi connectivity index (χ3n) is 5.96. The van der Waals surface area contributed by atoms with Crippen LogP contribution in [0, 0.1) is 5.92 Å². The molecule has 1 atom stereocenters. The molecule has 0 spiro atoms. The summed E-state index contributed by atoms with van der Waals surface area (Å²) in [6.45, 7) is 12.2. The molecule has 3 saturated heterocycles. The lowest BCUT2D eigenvalue weighted by Gasteiger charge is -2.44. The van der Waals surface area contributed by atoms with Crippen LogP contribution in [0.25, 0.3) is 10.1 Å². The van der Waals surface area contributed by atoms with E-state index in [0.29, 0.717) is 23.7 Å². The van der Waals surface area contributed by atoms with E-state index in [-0.39, 0.29) is 11.9 Å². The molecule has 3 aliphatic rings. The van der Waals surface area contributed by atoms with Crippen molar-refractivity contribution < 1.29 is 4.79 Å². The molecule has 0 saturated carbocycles. The van der Waals surface area contributed by atoms with Crippen molar-refractivity contribution in [2.24, 2.45) is 5.92 Å². The number of amides is 1. The predicted molar refractivity (Wildman–Crippen MR) is 113 cm³/mol. The fourth-order valence-corrected chi connectivity index (χ4v) is 5.99. The summed E-state index contributed by atoms with van der Waals surface area (Å²) in [5, 5.41) is 5.60. The highest BCUT2D eigenvalue weighted by molar-refractivity contribution is 7.22. The van der Waals surface area contributed by atoms with Gasteiger partial charge in [0.25, 0.3) is 5.91 Å². The minimum absolute atomic E-state index is 0.0322. The fraction of sp³-hybridized carbons (Fsp3) is 0.619. The predicted octanol–water partition coefficient (Wildman–Crippen LogP) is 3.74. The van der Waals surface area contributed by atoms with Crippen molar-refractivity contribution in [1.29, 1.82) is 0 Å². The molecule has 2 aromatic heterocycles. The van der Waals surface area contributed by atoms with Crippen molar-refractivity contribution in [3.05, 3.63) is 24.0 Å². The summed E-state index contributed by atoms with van der Waals surface area (Å²) in [5.41, 5.74) is 0.535. The molecule has 1 unspecified atom stereocenters. The van der Waals surface area contributed by atoms with Gasteiger partial charge in [0.15, 0.2) is 0 Å². The van der Waals surface area contributed by atoms with Gasteiger partial charge >= 0.3 is 0 Å². The molecular weight excluding hydrogens is 356 g/mol. The summed E-state index contributed by atoms with van der Waals surface area (Å²) < 4.78 is 1.13. The number of thiophene rings is 1. The zero-order valence-electron chi connectivity index (χ0n) is 16.7. The highest BCUT2D eigenvalue weighted by Crippen LogP contribution is 2.35. The smallest absolute Gasteiger partial charge is 0.270 e. The second kappa shape index (κ2) is 7.40. The maximum absolute atomic E-state index is 12.8. The Morgan fingerprint density at radius 1 is 1.22 bits per heavy atom. The number of rotatable bonds is 5. The maximum Gasteiger partial charge on any atom is 0.270 e. The molecule has 1 amide bonds. The van der Waals surface area contributed by atoms with E-state index in [1.165, 1.54) is 30.9 Å². The van der Waals surface area contributed by atoms with E-state index < -0.39 is 0 Å². The number of aromatic nitrogens is 1. The molecule has 27 heavy (non-hydrogen) atoms. The monoisotopic (exact) mass is 386 g/mol. The van der Waals surface area contributed by atoms with E-state index in [0.717, 1.165) is 16.6 Å². The van der Waals surface area contributed by atoms with Gasteiger partial charge in [0.05, 0.1) is 5.00 Å². The molecule has 1 N–H and O–H groups in total. The van der Waals surface area contributed by atoms with E-state index in [9.17, 15) is 4.79 Å². The highest BCUT2D eigenvalue weighted by Gasteiger charge is 2.35. The first-order chi connectivity index (χ1) is 12.9. The number of hydrogen-bond donors (Lipinski definition) is 1. The third kappa shape index (κ3) is 3.69. The second-order valence-electron chi connectivity index (χ2n) is 8.50. The quantitative estimate of drug-likeness (QED) is 0.850. The Kier molecular flexibility index (Phi) is 5.12. The van der Waals surface area contributed by atoms with Crippen LogP contribution in [0.15, 0.2) is 18.3 Å². The number of anilines is 1. The SMILES string of the molecule is CC(C)N(c1cc2cnc(C(=O)NC3CN4CCC3CC4)cc2s1)C(C)C. The minimum atomic E-state index is -0.0322. The lowest BCUT2D eigenvalue weighted by Crippen LogP contribution is -2.57. The first-order valence-corrected chi connectivity index (χ1v) is 10.9. The molecule has 146 valence electrons. The van der Waals surface area contributed by atoms with Crippen LogP contribution in [-0.4, -0.2) is 53.6 Å². The van der Waals surface area contributed by atoms with Crippen LogP contribution >= 0.6 is 11.3 Å². The molecule has 6 heteroatoms. The summed E-state index contributed by atoms with van der Waals surface area (Å²) in [4.78, 5) is 22.1. The summed E-state index contributed by atoms with van der Waals surface area (Å²) in [5.74, 6) is 0.594. The van der Waals surface area contributed by atoms with Gasteiger partial charge in [0.2, 0.25) is 0 Å². The Morgan fingerprint density at radius 3 is 2.52 bits per heavy atom. The lowest BCUT2D eigenvalue weighted by atomic mass is 9.84. The van der Waals surface area contributed by atoms with Crippen molar-refractivity contribution in [3.8, 4) is 0 Å². The van der Waals surface area contributed by atoms with Crippen molar-refractivity contribution in [3.63, 3.8) is 0 Å². The second-order valence-corrected chi connectivity index (χ2v) is 9.57. The van der Waals surface area contributed by atoms with E-state index in [4.69, 9.17) is 0 Å². The van der Waals surface area contributed by atoms with Crippen molar-refractivity contribution in [1.82, 2.24) is 15.2 Å². The molecule has 0 aliphatic carbocycles. The summed E-state index contributed by atoms with van der Waals surface area (Å²) >= 11 is 1.75. The van der Waals surface area contributed by atoms with Gasteiger partial charge in [-0.1, -0.05) is 0 Å². The van der Waals surface area contributed by atoms with Crippen LogP contribution in [-0.2, 0) is 0 Å². The highest BCUT2D eigenvalue weighted by atomic mass is 32.1. The number of nitrogens with one attached hydrogen (secondary N) is 1. The van der Waals surface area contributed by atoms with E-state index in [2.05, 4.69) is 53.9 Å². The molecule has 0 aromatic carbocycles. The molecule has 5 nitrogen and oxygen atoms in total. The van der Waals surface area contributed by atoms with Gasteiger partial charge in [-0.15, -0.1) is 11.3 Å². The van der Waals surface area contributed by atoms with Gasteiger partial charge in [0, 0.05) is 41.0 Å². The van der Waals surface area contributed by atoms with Gasteiger partial charge in [0.1, 0.15) is 5.69 Å². The summed E-state index contributed by atoms with van der Waals surface area (Å²) in [7, 11) is 0. The number of nitrogens with zero attached hydrogens (tertiary/aromatic N) is 3. The van der Waals surface area contributed by atoms with Crippen LogP contribution in [0.3, 0.4) is 0 Å². The average Bonchev–Trinajstić information content (AvgIpc) is 3.04. The first kappa shape index (κ1) is 18.7. The Labute approximate surface area is 165 Å². The van der Waals surface area contributed by atoms with Crippen molar-refractivity contribution >= 4 is 32.3 Å².